The van der Waals surface area contributed by atoms with Gasteiger partial charge < -0.3 is 10.1 Å². The maximum atomic E-state index is 11.9. The molecule has 0 aliphatic carbocycles. The molecular weight excluding hydrogens is 318 g/mol. The molecule has 2 aromatic carbocycles. The Hall–Kier alpha value is -1.65. The lowest BCUT2D eigenvalue weighted by Crippen LogP contribution is -2.12. The standard InChI is InChI=1S/C17H18ClNO2S/c1-2-21-15-5-3-4-14(12-15)19-17(20)10-11-22-16-8-6-13(18)7-9-16/h3-9,12H,2,10-11H2,1H3,(H,19,20). The number of hydrogen-bond acceptors (Lipinski definition) is 3. The van der Waals surface area contributed by atoms with Gasteiger partial charge in [-0.3, -0.25) is 4.79 Å². The fourth-order valence-electron chi connectivity index (χ4n) is 1.85. The van der Waals surface area contributed by atoms with Crippen LogP contribution in [0.15, 0.2) is 53.4 Å². The third kappa shape index (κ3) is 5.62. The molecule has 0 saturated heterocycles. The predicted molar refractivity (Wildman–Crippen MR) is 93.0 cm³/mol. The van der Waals surface area contributed by atoms with Crippen LogP contribution < -0.4 is 10.1 Å². The summed E-state index contributed by atoms with van der Waals surface area (Å²) >= 11 is 7.47. The highest BCUT2D eigenvalue weighted by atomic mass is 35.5. The second kappa shape index (κ2) is 8.71. The number of rotatable bonds is 7. The highest BCUT2D eigenvalue weighted by molar-refractivity contribution is 7.99. The molecule has 1 amide bonds. The van der Waals surface area contributed by atoms with E-state index in [1.807, 2.05) is 55.5 Å². The van der Waals surface area contributed by atoms with Crippen LogP contribution in [0, 0.1) is 0 Å². The Balaban J connectivity index is 1.78. The molecule has 2 aromatic rings. The molecule has 0 spiro atoms. The van der Waals surface area contributed by atoms with Gasteiger partial charge in [-0.05, 0) is 43.3 Å². The molecular formula is C17H18ClNO2S. The normalized spacial score (nSPS) is 10.3. The second-order valence-electron chi connectivity index (χ2n) is 4.56. The smallest absolute Gasteiger partial charge is 0.225 e. The van der Waals surface area contributed by atoms with E-state index in [0.29, 0.717) is 13.0 Å². The highest BCUT2D eigenvalue weighted by Crippen LogP contribution is 2.21. The minimum Gasteiger partial charge on any atom is -0.494 e. The number of benzene rings is 2. The van der Waals surface area contributed by atoms with E-state index in [-0.39, 0.29) is 5.91 Å². The molecule has 0 fully saturated rings. The van der Waals surface area contributed by atoms with Crippen molar-refractivity contribution in [2.45, 2.75) is 18.2 Å². The average molecular weight is 336 g/mol. The summed E-state index contributed by atoms with van der Waals surface area (Å²) in [6, 6.07) is 15.0. The fraction of sp³-hybridized carbons (Fsp3) is 0.235. The fourth-order valence-corrected chi connectivity index (χ4v) is 2.82. The largest absolute Gasteiger partial charge is 0.494 e. The molecule has 2 rings (SSSR count). The maximum Gasteiger partial charge on any atom is 0.225 e. The van der Waals surface area contributed by atoms with Crippen LogP contribution in [0.1, 0.15) is 13.3 Å². The van der Waals surface area contributed by atoms with Gasteiger partial charge in [0.05, 0.1) is 6.61 Å². The number of carbonyl (C=O) groups is 1. The summed E-state index contributed by atoms with van der Waals surface area (Å²) in [6.45, 7) is 2.54. The Kier molecular flexibility index (Phi) is 6.62. The Morgan fingerprint density at radius 3 is 2.73 bits per heavy atom. The SMILES string of the molecule is CCOc1cccc(NC(=O)CCSc2ccc(Cl)cc2)c1. The topological polar surface area (TPSA) is 38.3 Å². The summed E-state index contributed by atoms with van der Waals surface area (Å²) < 4.78 is 5.41. The summed E-state index contributed by atoms with van der Waals surface area (Å²) in [5, 5.41) is 3.60. The number of nitrogens with one attached hydrogen (secondary N) is 1. The molecule has 0 bridgehead atoms. The van der Waals surface area contributed by atoms with Gasteiger partial charge in [-0.1, -0.05) is 17.7 Å². The van der Waals surface area contributed by atoms with Crippen molar-refractivity contribution < 1.29 is 9.53 Å². The molecule has 0 aliphatic heterocycles. The van der Waals surface area contributed by atoms with Crippen molar-refractivity contribution in [3.8, 4) is 5.75 Å². The molecule has 0 aromatic heterocycles. The first-order valence-corrected chi connectivity index (χ1v) is 8.45. The number of halogens is 1. The minimum atomic E-state index is -0.00453. The van der Waals surface area contributed by atoms with Crippen molar-refractivity contribution in [1.29, 1.82) is 0 Å². The van der Waals surface area contributed by atoms with Crippen molar-refractivity contribution in [2.24, 2.45) is 0 Å². The first-order valence-electron chi connectivity index (χ1n) is 7.08. The van der Waals surface area contributed by atoms with E-state index in [9.17, 15) is 4.79 Å². The Bertz CT molecular complexity index is 616. The van der Waals surface area contributed by atoms with Crippen molar-refractivity contribution in [3.63, 3.8) is 0 Å². The molecule has 3 nitrogen and oxygen atoms in total. The van der Waals surface area contributed by atoms with Crippen LogP contribution in [0.4, 0.5) is 5.69 Å². The first-order chi connectivity index (χ1) is 10.7. The van der Waals surface area contributed by atoms with Crippen LogP contribution in [0.3, 0.4) is 0 Å². The summed E-state index contributed by atoms with van der Waals surface area (Å²) in [4.78, 5) is 13.0. The van der Waals surface area contributed by atoms with E-state index in [4.69, 9.17) is 16.3 Å². The summed E-state index contributed by atoms with van der Waals surface area (Å²) in [6.07, 6.45) is 0.451. The molecule has 0 radical (unpaired) electrons. The molecule has 5 heteroatoms. The van der Waals surface area contributed by atoms with Crippen LogP contribution in [0.5, 0.6) is 5.75 Å². The maximum absolute atomic E-state index is 11.9. The second-order valence-corrected chi connectivity index (χ2v) is 6.17. The van der Waals surface area contributed by atoms with E-state index in [1.165, 1.54) is 0 Å². The molecule has 0 aliphatic rings. The summed E-state index contributed by atoms with van der Waals surface area (Å²) in [5.74, 6) is 1.48. The minimum absolute atomic E-state index is 0.00453. The summed E-state index contributed by atoms with van der Waals surface area (Å²) in [7, 11) is 0. The van der Waals surface area contributed by atoms with Gasteiger partial charge in [0.15, 0.2) is 0 Å². The predicted octanol–water partition coefficient (Wildman–Crippen LogP) is 4.86. The van der Waals surface area contributed by atoms with Gasteiger partial charge >= 0.3 is 0 Å². The molecule has 0 saturated carbocycles. The van der Waals surface area contributed by atoms with Crippen molar-refractivity contribution >= 4 is 35.0 Å². The number of ether oxygens (including phenoxy) is 1. The van der Waals surface area contributed by atoms with E-state index < -0.39 is 0 Å². The Morgan fingerprint density at radius 1 is 1.23 bits per heavy atom. The number of hydrogen-bond donors (Lipinski definition) is 1. The van der Waals surface area contributed by atoms with Crippen molar-refractivity contribution in [3.05, 3.63) is 53.6 Å². The van der Waals surface area contributed by atoms with Gasteiger partial charge in [-0.15, -0.1) is 11.8 Å². The van der Waals surface area contributed by atoms with Gasteiger partial charge in [0.2, 0.25) is 5.91 Å². The Labute approximate surface area is 140 Å². The molecule has 0 unspecified atom stereocenters. The van der Waals surface area contributed by atoms with Crippen LogP contribution in [0.25, 0.3) is 0 Å². The van der Waals surface area contributed by atoms with E-state index in [1.54, 1.807) is 11.8 Å². The van der Waals surface area contributed by atoms with Crippen LogP contribution >= 0.6 is 23.4 Å². The monoisotopic (exact) mass is 335 g/mol. The van der Waals surface area contributed by atoms with Gasteiger partial charge in [-0.2, -0.15) is 0 Å². The zero-order chi connectivity index (χ0) is 15.8. The van der Waals surface area contributed by atoms with Crippen molar-refractivity contribution in [2.75, 3.05) is 17.7 Å². The lowest BCUT2D eigenvalue weighted by molar-refractivity contribution is -0.115. The van der Waals surface area contributed by atoms with Gasteiger partial charge in [0.1, 0.15) is 5.75 Å². The molecule has 22 heavy (non-hydrogen) atoms. The quantitative estimate of drug-likeness (QED) is 0.734. The van der Waals surface area contributed by atoms with Crippen LogP contribution in [-0.2, 0) is 4.79 Å². The zero-order valence-electron chi connectivity index (χ0n) is 12.3. The van der Waals surface area contributed by atoms with Crippen molar-refractivity contribution in [1.82, 2.24) is 0 Å². The van der Waals surface area contributed by atoms with Crippen LogP contribution in [-0.4, -0.2) is 18.3 Å². The van der Waals surface area contributed by atoms with Gasteiger partial charge in [-0.25, -0.2) is 0 Å². The van der Waals surface area contributed by atoms with E-state index in [0.717, 1.165) is 27.1 Å². The molecule has 0 atom stereocenters. The lowest BCUT2D eigenvalue weighted by atomic mass is 10.3. The first kappa shape index (κ1) is 16.7. The molecule has 0 heterocycles. The van der Waals surface area contributed by atoms with E-state index in [2.05, 4.69) is 5.32 Å². The average Bonchev–Trinajstić information content (AvgIpc) is 2.50. The third-order valence-corrected chi connectivity index (χ3v) is 4.11. The molecule has 116 valence electrons. The van der Waals surface area contributed by atoms with Gasteiger partial charge in [0.25, 0.3) is 0 Å². The number of amides is 1. The third-order valence-electron chi connectivity index (χ3n) is 2.84. The lowest BCUT2D eigenvalue weighted by Gasteiger charge is -2.08. The number of thioether (sulfide) groups is 1. The molecule has 1 N–H and O–H groups in total. The highest BCUT2D eigenvalue weighted by Gasteiger charge is 2.04. The zero-order valence-corrected chi connectivity index (χ0v) is 13.9. The summed E-state index contributed by atoms with van der Waals surface area (Å²) in [5.41, 5.74) is 0.757. The Morgan fingerprint density at radius 2 is 2.00 bits per heavy atom. The number of anilines is 1. The van der Waals surface area contributed by atoms with Crippen LogP contribution in [0.2, 0.25) is 5.02 Å². The van der Waals surface area contributed by atoms with Gasteiger partial charge in [0, 0.05) is 33.8 Å². The number of carbonyl (C=O) groups excluding carboxylic acids is 1. The van der Waals surface area contributed by atoms with E-state index >= 15 is 0 Å².